The molecule has 0 aromatic heterocycles. The first kappa shape index (κ1) is 21.6. The first-order valence-electron chi connectivity index (χ1n) is 8.43. The minimum atomic E-state index is -3.58. The molecule has 2 rings (SSSR count). The van der Waals surface area contributed by atoms with Crippen LogP contribution in [0.3, 0.4) is 0 Å². The predicted molar refractivity (Wildman–Crippen MR) is 114 cm³/mol. The molecule has 0 saturated carbocycles. The number of hydrogen-bond acceptors (Lipinski definition) is 4. The summed E-state index contributed by atoms with van der Waals surface area (Å²) in [6, 6.07) is 15.4. The third-order valence-electron chi connectivity index (χ3n) is 3.83. The second-order valence-electron chi connectivity index (χ2n) is 6.04. The lowest BCUT2D eigenvalue weighted by Gasteiger charge is -2.28. The van der Waals surface area contributed by atoms with Gasteiger partial charge in [-0.05, 0) is 36.8 Å². The van der Waals surface area contributed by atoms with Gasteiger partial charge in [-0.2, -0.15) is 11.8 Å². The molecular formula is C19H23ClN2O3S2. The van der Waals surface area contributed by atoms with E-state index in [0.717, 1.165) is 27.6 Å². The number of nitrogens with zero attached hydrogens (tertiary/aromatic N) is 1. The number of amides is 1. The standard InChI is InChI=1S/C19H23ClN2O3S2/c1-15(22(27(2,24)25)18-6-4-3-5-7-18)19(23)21-12-13-26-14-16-8-10-17(20)11-9-16/h3-11,15H,12-14H2,1-2H3,(H,21,23)/t15-/m1/s1. The van der Waals surface area contributed by atoms with E-state index in [0.29, 0.717) is 17.3 Å². The largest absolute Gasteiger partial charge is 0.353 e. The lowest BCUT2D eigenvalue weighted by Crippen LogP contribution is -2.48. The minimum absolute atomic E-state index is 0.323. The number of anilines is 1. The van der Waals surface area contributed by atoms with Crippen LogP contribution in [0, 0.1) is 0 Å². The molecule has 0 bridgehead atoms. The Bertz CT molecular complexity index is 843. The Morgan fingerprint density at radius 1 is 1.15 bits per heavy atom. The van der Waals surface area contributed by atoms with Gasteiger partial charge in [0.05, 0.1) is 11.9 Å². The van der Waals surface area contributed by atoms with Crippen molar-refractivity contribution in [1.82, 2.24) is 5.32 Å². The number of nitrogens with one attached hydrogen (secondary N) is 1. The summed E-state index contributed by atoms with van der Waals surface area (Å²) < 4.78 is 25.5. The van der Waals surface area contributed by atoms with Gasteiger partial charge in [0.1, 0.15) is 6.04 Å². The van der Waals surface area contributed by atoms with Crippen LogP contribution in [-0.2, 0) is 20.6 Å². The summed E-state index contributed by atoms with van der Waals surface area (Å²) in [5.74, 6) is 1.23. The van der Waals surface area contributed by atoms with Crippen molar-refractivity contribution in [3.05, 3.63) is 65.2 Å². The van der Waals surface area contributed by atoms with Crippen molar-refractivity contribution in [2.24, 2.45) is 0 Å². The van der Waals surface area contributed by atoms with Gasteiger partial charge in [0.25, 0.3) is 0 Å². The summed E-state index contributed by atoms with van der Waals surface area (Å²) in [7, 11) is -3.58. The molecule has 1 atom stereocenters. The second kappa shape index (κ2) is 10.0. The molecule has 0 fully saturated rings. The van der Waals surface area contributed by atoms with E-state index in [-0.39, 0.29) is 5.91 Å². The van der Waals surface area contributed by atoms with E-state index in [2.05, 4.69) is 5.32 Å². The highest BCUT2D eigenvalue weighted by molar-refractivity contribution is 7.98. The number of carbonyl (C=O) groups is 1. The zero-order valence-electron chi connectivity index (χ0n) is 15.3. The van der Waals surface area contributed by atoms with E-state index >= 15 is 0 Å². The third-order valence-corrected chi connectivity index (χ3v) is 6.35. The average Bonchev–Trinajstić information content (AvgIpc) is 2.62. The van der Waals surface area contributed by atoms with Crippen LogP contribution in [0.1, 0.15) is 12.5 Å². The molecule has 1 N–H and O–H groups in total. The lowest BCUT2D eigenvalue weighted by atomic mass is 10.2. The maximum atomic E-state index is 12.4. The Labute approximate surface area is 170 Å². The highest BCUT2D eigenvalue weighted by Gasteiger charge is 2.28. The predicted octanol–water partition coefficient (Wildman–Crippen LogP) is 3.54. The Hall–Kier alpha value is -1.70. The van der Waals surface area contributed by atoms with Crippen molar-refractivity contribution in [1.29, 1.82) is 0 Å². The topological polar surface area (TPSA) is 66.5 Å². The average molecular weight is 427 g/mol. The molecule has 146 valence electrons. The van der Waals surface area contributed by atoms with Crippen molar-refractivity contribution in [2.45, 2.75) is 18.7 Å². The summed E-state index contributed by atoms with van der Waals surface area (Å²) in [6.45, 7) is 2.05. The zero-order valence-corrected chi connectivity index (χ0v) is 17.7. The molecule has 0 aliphatic carbocycles. The Balaban J connectivity index is 1.85. The molecule has 2 aromatic carbocycles. The van der Waals surface area contributed by atoms with Crippen molar-refractivity contribution in [3.8, 4) is 0 Å². The van der Waals surface area contributed by atoms with Crippen LogP contribution >= 0.6 is 23.4 Å². The number of para-hydroxylation sites is 1. The first-order valence-corrected chi connectivity index (χ1v) is 11.8. The minimum Gasteiger partial charge on any atom is -0.353 e. The number of halogens is 1. The highest BCUT2D eigenvalue weighted by Crippen LogP contribution is 2.20. The van der Waals surface area contributed by atoms with Crippen LogP contribution in [0.2, 0.25) is 5.02 Å². The van der Waals surface area contributed by atoms with Gasteiger partial charge in [-0.25, -0.2) is 8.42 Å². The van der Waals surface area contributed by atoms with Gasteiger partial charge in [-0.3, -0.25) is 9.10 Å². The number of sulfonamides is 1. The molecule has 0 heterocycles. The van der Waals surface area contributed by atoms with Gasteiger partial charge in [-0.1, -0.05) is 41.9 Å². The van der Waals surface area contributed by atoms with E-state index in [4.69, 9.17) is 11.6 Å². The van der Waals surface area contributed by atoms with Crippen molar-refractivity contribution in [2.75, 3.05) is 22.9 Å². The third kappa shape index (κ3) is 6.75. The van der Waals surface area contributed by atoms with Crippen molar-refractivity contribution < 1.29 is 13.2 Å². The van der Waals surface area contributed by atoms with Crippen LogP contribution in [0.15, 0.2) is 54.6 Å². The Morgan fingerprint density at radius 3 is 2.37 bits per heavy atom. The van der Waals surface area contributed by atoms with Gasteiger partial charge >= 0.3 is 0 Å². The molecule has 27 heavy (non-hydrogen) atoms. The van der Waals surface area contributed by atoms with Gasteiger partial charge in [0.15, 0.2) is 0 Å². The summed E-state index contributed by atoms with van der Waals surface area (Å²) in [5, 5.41) is 3.52. The van der Waals surface area contributed by atoms with Crippen LogP contribution in [0.5, 0.6) is 0 Å². The van der Waals surface area contributed by atoms with Gasteiger partial charge in [-0.15, -0.1) is 0 Å². The molecule has 0 unspecified atom stereocenters. The number of thioether (sulfide) groups is 1. The van der Waals surface area contributed by atoms with Gasteiger partial charge in [0, 0.05) is 23.1 Å². The fraction of sp³-hybridized carbons (Fsp3) is 0.316. The Morgan fingerprint density at radius 2 is 1.78 bits per heavy atom. The Kier molecular flexibility index (Phi) is 8.01. The second-order valence-corrected chi connectivity index (χ2v) is 9.44. The van der Waals surface area contributed by atoms with E-state index < -0.39 is 16.1 Å². The van der Waals surface area contributed by atoms with Crippen molar-refractivity contribution in [3.63, 3.8) is 0 Å². The number of benzene rings is 2. The number of carbonyl (C=O) groups excluding carboxylic acids is 1. The SMILES string of the molecule is C[C@H](C(=O)NCCSCc1ccc(Cl)cc1)N(c1ccccc1)S(C)(=O)=O. The monoisotopic (exact) mass is 426 g/mol. The summed E-state index contributed by atoms with van der Waals surface area (Å²) >= 11 is 7.55. The van der Waals surface area contributed by atoms with E-state index in [1.54, 1.807) is 49.0 Å². The molecule has 0 saturated heterocycles. The quantitative estimate of drug-likeness (QED) is 0.623. The normalized spacial score (nSPS) is 12.4. The summed E-state index contributed by atoms with van der Waals surface area (Å²) in [4.78, 5) is 12.4. The van der Waals surface area contributed by atoms with Gasteiger partial charge in [0.2, 0.25) is 15.9 Å². The molecule has 8 heteroatoms. The van der Waals surface area contributed by atoms with Crippen molar-refractivity contribution >= 4 is 45.0 Å². The number of hydrogen-bond donors (Lipinski definition) is 1. The number of rotatable bonds is 9. The van der Waals surface area contributed by atoms with Crippen LogP contribution < -0.4 is 9.62 Å². The highest BCUT2D eigenvalue weighted by atomic mass is 35.5. The van der Waals surface area contributed by atoms with Crippen LogP contribution in [0.4, 0.5) is 5.69 Å². The molecular weight excluding hydrogens is 404 g/mol. The molecule has 0 radical (unpaired) electrons. The fourth-order valence-corrected chi connectivity index (χ4v) is 4.67. The van der Waals surface area contributed by atoms with Gasteiger partial charge < -0.3 is 5.32 Å². The van der Waals surface area contributed by atoms with E-state index in [9.17, 15) is 13.2 Å². The van der Waals surface area contributed by atoms with Crippen LogP contribution in [0.25, 0.3) is 0 Å². The molecule has 1 amide bonds. The molecule has 2 aromatic rings. The summed E-state index contributed by atoms with van der Waals surface area (Å²) in [6.07, 6.45) is 1.10. The fourth-order valence-electron chi connectivity index (χ4n) is 2.55. The molecule has 5 nitrogen and oxygen atoms in total. The maximum absolute atomic E-state index is 12.4. The molecule has 0 aliphatic rings. The van der Waals surface area contributed by atoms with E-state index in [1.807, 2.05) is 24.3 Å². The zero-order chi connectivity index (χ0) is 19.9. The summed E-state index contributed by atoms with van der Waals surface area (Å²) in [5.41, 5.74) is 1.64. The molecule has 0 aliphatic heterocycles. The first-order chi connectivity index (χ1) is 12.8. The van der Waals surface area contributed by atoms with E-state index in [1.165, 1.54) is 0 Å². The van der Waals surface area contributed by atoms with Crippen LogP contribution in [-0.4, -0.2) is 38.9 Å². The lowest BCUT2D eigenvalue weighted by molar-refractivity contribution is -0.121. The maximum Gasteiger partial charge on any atom is 0.243 e. The molecule has 0 spiro atoms. The smallest absolute Gasteiger partial charge is 0.243 e.